The van der Waals surface area contributed by atoms with Gasteiger partial charge in [-0.2, -0.15) is 5.10 Å². The average molecular weight is 443 g/mol. The third kappa shape index (κ3) is 3.80. The number of carbonyl (C=O) groups excluding carboxylic acids is 1. The second kappa shape index (κ2) is 8.24. The summed E-state index contributed by atoms with van der Waals surface area (Å²) >= 11 is 0. The zero-order chi connectivity index (χ0) is 23.1. The number of amides is 1. The van der Waals surface area contributed by atoms with Crippen molar-refractivity contribution in [1.29, 1.82) is 0 Å². The number of benzene rings is 2. The van der Waals surface area contributed by atoms with Crippen LogP contribution in [0.5, 0.6) is 11.5 Å². The van der Waals surface area contributed by atoms with Crippen LogP contribution in [0.25, 0.3) is 22.3 Å². The number of carbonyl (C=O) groups is 1. The van der Waals surface area contributed by atoms with E-state index in [1.165, 1.54) is 0 Å². The predicted molar refractivity (Wildman–Crippen MR) is 128 cm³/mol. The standard InChI is InChI=1S/C26H26N4O3/c1-16(2)30-25-21(15-27-30)20(26(31)29(4)19-8-5-17(3)6-9-19)14-22(28-25)18-7-10-23-24(13-18)33-12-11-32-23/h5-10,13-16H,11-12H2,1-4H3. The summed E-state index contributed by atoms with van der Waals surface area (Å²) in [5, 5.41) is 5.26. The Morgan fingerprint density at radius 1 is 1.03 bits per heavy atom. The van der Waals surface area contributed by atoms with Crippen LogP contribution < -0.4 is 14.4 Å². The van der Waals surface area contributed by atoms with Crippen molar-refractivity contribution < 1.29 is 14.3 Å². The highest BCUT2D eigenvalue weighted by Crippen LogP contribution is 2.35. The summed E-state index contributed by atoms with van der Waals surface area (Å²) in [6.07, 6.45) is 1.73. The first kappa shape index (κ1) is 21.0. The molecule has 168 valence electrons. The van der Waals surface area contributed by atoms with Crippen LogP contribution in [0.4, 0.5) is 5.69 Å². The smallest absolute Gasteiger partial charge is 0.258 e. The zero-order valence-electron chi connectivity index (χ0n) is 19.2. The molecule has 0 saturated heterocycles. The molecular weight excluding hydrogens is 416 g/mol. The number of hydrogen-bond acceptors (Lipinski definition) is 5. The molecule has 1 aliphatic heterocycles. The van der Waals surface area contributed by atoms with E-state index in [0.29, 0.717) is 41.6 Å². The van der Waals surface area contributed by atoms with E-state index in [1.807, 2.05) is 74.0 Å². The normalized spacial score (nSPS) is 12.9. The fourth-order valence-electron chi connectivity index (χ4n) is 3.99. The molecular formula is C26H26N4O3. The van der Waals surface area contributed by atoms with Gasteiger partial charge in [0.1, 0.15) is 13.2 Å². The van der Waals surface area contributed by atoms with Crippen LogP contribution >= 0.6 is 0 Å². The molecule has 3 heterocycles. The minimum Gasteiger partial charge on any atom is -0.486 e. The van der Waals surface area contributed by atoms with Gasteiger partial charge in [0, 0.05) is 24.3 Å². The molecule has 2 aromatic carbocycles. The maximum absolute atomic E-state index is 13.7. The van der Waals surface area contributed by atoms with Gasteiger partial charge in [-0.15, -0.1) is 0 Å². The molecule has 7 heteroatoms. The van der Waals surface area contributed by atoms with E-state index in [4.69, 9.17) is 14.5 Å². The highest BCUT2D eigenvalue weighted by atomic mass is 16.6. The molecule has 0 spiro atoms. The van der Waals surface area contributed by atoms with Gasteiger partial charge in [0.15, 0.2) is 17.1 Å². The minimum absolute atomic E-state index is 0.100. The van der Waals surface area contributed by atoms with E-state index >= 15 is 0 Å². The van der Waals surface area contributed by atoms with E-state index in [0.717, 1.165) is 22.2 Å². The van der Waals surface area contributed by atoms with E-state index in [9.17, 15) is 4.79 Å². The van der Waals surface area contributed by atoms with Crippen molar-refractivity contribution in [2.24, 2.45) is 0 Å². The Kier molecular flexibility index (Phi) is 5.24. The van der Waals surface area contributed by atoms with Gasteiger partial charge in [0.25, 0.3) is 5.91 Å². The van der Waals surface area contributed by atoms with Crippen molar-refractivity contribution >= 4 is 22.6 Å². The van der Waals surface area contributed by atoms with Gasteiger partial charge in [-0.3, -0.25) is 4.79 Å². The number of hydrogen-bond donors (Lipinski definition) is 0. The van der Waals surface area contributed by atoms with Gasteiger partial charge in [-0.1, -0.05) is 17.7 Å². The molecule has 1 aliphatic rings. The number of aryl methyl sites for hydroxylation is 1. The second-order valence-corrected chi connectivity index (χ2v) is 8.53. The highest BCUT2D eigenvalue weighted by molar-refractivity contribution is 6.13. The maximum Gasteiger partial charge on any atom is 0.258 e. The maximum atomic E-state index is 13.7. The largest absolute Gasteiger partial charge is 0.486 e. The first-order chi connectivity index (χ1) is 15.9. The van der Waals surface area contributed by atoms with Crippen LogP contribution in [0.3, 0.4) is 0 Å². The lowest BCUT2D eigenvalue weighted by molar-refractivity contribution is 0.0994. The molecule has 5 rings (SSSR count). The highest BCUT2D eigenvalue weighted by Gasteiger charge is 2.22. The number of fused-ring (bicyclic) bond motifs is 2. The molecule has 0 N–H and O–H groups in total. The number of pyridine rings is 1. The monoisotopic (exact) mass is 442 g/mol. The Labute approximate surface area is 192 Å². The minimum atomic E-state index is -0.117. The summed E-state index contributed by atoms with van der Waals surface area (Å²) in [5.74, 6) is 1.28. The molecule has 2 aromatic heterocycles. The van der Waals surface area contributed by atoms with Gasteiger partial charge in [-0.05, 0) is 57.2 Å². The van der Waals surface area contributed by atoms with Crippen LogP contribution in [-0.4, -0.2) is 40.9 Å². The van der Waals surface area contributed by atoms with E-state index in [1.54, 1.807) is 18.1 Å². The van der Waals surface area contributed by atoms with E-state index in [-0.39, 0.29) is 11.9 Å². The van der Waals surface area contributed by atoms with Crippen molar-refractivity contribution in [2.75, 3.05) is 25.2 Å². The topological polar surface area (TPSA) is 69.5 Å². The number of nitrogens with zero attached hydrogens (tertiary/aromatic N) is 4. The molecule has 33 heavy (non-hydrogen) atoms. The molecule has 0 radical (unpaired) electrons. The number of rotatable bonds is 4. The number of aromatic nitrogens is 3. The van der Waals surface area contributed by atoms with Crippen LogP contribution in [-0.2, 0) is 0 Å². The van der Waals surface area contributed by atoms with Crippen LogP contribution in [0.15, 0.2) is 54.7 Å². The lowest BCUT2D eigenvalue weighted by Crippen LogP contribution is -2.26. The van der Waals surface area contributed by atoms with Crippen molar-refractivity contribution in [3.05, 3.63) is 65.9 Å². The van der Waals surface area contributed by atoms with Crippen molar-refractivity contribution in [1.82, 2.24) is 14.8 Å². The van der Waals surface area contributed by atoms with Crippen LogP contribution in [0.2, 0.25) is 0 Å². The lowest BCUT2D eigenvalue weighted by atomic mass is 10.0. The quantitative estimate of drug-likeness (QED) is 0.443. The summed E-state index contributed by atoms with van der Waals surface area (Å²) in [7, 11) is 1.79. The number of ether oxygens (including phenoxy) is 2. The van der Waals surface area contributed by atoms with Crippen LogP contribution in [0, 0.1) is 6.92 Å². The second-order valence-electron chi connectivity index (χ2n) is 8.53. The Morgan fingerprint density at radius 2 is 1.76 bits per heavy atom. The summed E-state index contributed by atoms with van der Waals surface area (Å²) in [4.78, 5) is 20.2. The first-order valence-corrected chi connectivity index (χ1v) is 11.1. The zero-order valence-corrected chi connectivity index (χ0v) is 19.2. The molecule has 0 fully saturated rings. The van der Waals surface area contributed by atoms with Crippen LogP contribution in [0.1, 0.15) is 35.8 Å². The summed E-state index contributed by atoms with van der Waals surface area (Å²) < 4.78 is 13.3. The Bertz CT molecular complexity index is 1340. The molecule has 7 nitrogen and oxygen atoms in total. The Hall–Kier alpha value is -3.87. The third-order valence-corrected chi connectivity index (χ3v) is 5.85. The predicted octanol–water partition coefficient (Wildman–Crippen LogP) is 5.04. The molecule has 0 unspecified atom stereocenters. The van der Waals surface area contributed by atoms with Crippen molar-refractivity contribution in [3.8, 4) is 22.8 Å². The molecule has 0 bridgehead atoms. The summed E-state index contributed by atoms with van der Waals surface area (Å²) in [6.45, 7) is 7.16. The van der Waals surface area contributed by atoms with E-state index < -0.39 is 0 Å². The lowest BCUT2D eigenvalue weighted by Gasteiger charge is -2.20. The fraction of sp³-hybridized carbons (Fsp3) is 0.269. The van der Waals surface area contributed by atoms with Gasteiger partial charge in [0.05, 0.1) is 22.8 Å². The Balaban J connectivity index is 1.65. The molecule has 0 atom stereocenters. The van der Waals surface area contributed by atoms with Crippen molar-refractivity contribution in [2.45, 2.75) is 26.8 Å². The Morgan fingerprint density at radius 3 is 2.48 bits per heavy atom. The van der Waals surface area contributed by atoms with Crippen molar-refractivity contribution in [3.63, 3.8) is 0 Å². The van der Waals surface area contributed by atoms with Gasteiger partial charge in [0.2, 0.25) is 0 Å². The third-order valence-electron chi connectivity index (χ3n) is 5.85. The fourth-order valence-corrected chi connectivity index (χ4v) is 3.99. The first-order valence-electron chi connectivity index (χ1n) is 11.1. The number of anilines is 1. The molecule has 4 aromatic rings. The molecule has 1 amide bonds. The van der Waals surface area contributed by atoms with Gasteiger partial charge < -0.3 is 14.4 Å². The summed E-state index contributed by atoms with van der Waals surface area (Å²) in [6, 6.07) is 15.6. The summed E-state index contributed by atoms with van der Waals surface area (Å²) in [5.41, 5.74) is 4.74. The molecule has 0 saturated carbocycles. The van der Waals surface area contributed by atoms with Gasteiger partial charge >= 0.3 is 0 Å². The average Bonchev–Trinajstić information content (AvgIpc) is 3.27. The molecule has 0 aliphatic carbocycles. The van der Waals surface area contributed by atoms with E-state index in [2.05, 4.69) is 5.10 Å². The SMILES string of the molecule is Cc1ccc(N(C)C(=O)c2cc(-c3ccc4c(c3)OCCO4)nc3c2cnn3C(C)C)cc1. The van der Waals surface area contributed by atoms with Gasteiger partial charge in [-0.25, -0.2) is 9.67 Å².